The second kappa shape index (κ2) is 6.57. The number of para-hydroxylation sites is 1. The summed E-state index contributed by atoms with van der Waals surface area (Å²) in [5, 5.41) is 3.51. The summed E-state index contributed by atoms with van der Waals surface area (Å²) in [7, 11) is 1.77. The summed E-state index contributed by atoms with van der Waals surface area (Å²) in [4.78, 5) is 18.3. The molecule has 1 amide bonds. The minimum absolute atomic E-state index is 0.137. The van der Waals surface area contributed by atoms with Crippen LogP contribution in [0, 0.1) is 19.7 Å². The van der Waals surface area contributed by atoms with Gasteiger partial charge < -0.3 is 10.2 Å². The molecule has 4 nitrogen and oxygen atoms in total. The number of benzene rings is 2. The zero-order chi connectivity index (χ0) is 17.3. The number of halogens is 1. The van der Waals surface area contributed by atoms with Gasteiger partial charge in [-0.25, -0.2) is 9.37 Å². The summed E-state index contributed by atoms with van der Waals surface area (Å²) in [5.74, 6) is -0.481. The van der Waals surface area contributed by atoms with Gasteiger partial charge in [0.15, 0.2) is 5.13 Å². The number of amides is 1. The van der Waals surface area contributed by atoms with E-state index in [4.69, 9.17) is 0 Å². The number of fused-ring (bicyclic) bond motifs is 1. The van der Waals surface area contributed by atoms with Crippen molar-refractivity contribution in [1.29, 1.82) is 0 Å². The quantitative estimate of drug-likeness (QED) is 0.775. The van der Waals surface area contributed by atoms with Crippen molar-refractivity contribution in [2.24, 2.45) is 0 Å². The lowest BCUT2D eigenvalue weighted by molar-refractivity contribution is -0.114. The molecular weight excluding hydrogens is 325 g/mol. The van der Waals surface area contributed by atoms with Crippen LogP contribution >= 0.6 is 11.3 Å². The van der Waals surface area contributed by atoms with Crippen LogP contribution in [0.5, 0.6) is 0 Å². The standard InChI is InChI=1S/C18H18FN3OS/c1-11-7-12(2)9-13(8-11)20-16(23)10-22(3)18-21-17-14(19)5-4-6-15(17)24-18/h4-9H,10H2,1-3H3,(H,20,23). The fourth-order valence-electron chi connectivity index (χ4n) is 2.60. The molecule has 2 aromatic carbocycles. The molecule has 3 rings (SSSR count). The third-order valence-electron chi connectivity index (χ3n) is 3.57. The molecule has 1 N–H and O–H groups in total. The van der Waals surface area contributed by atoms with Crippen molar-refractivity contribution in [2.75, 3.05) is 23.8 Å². The minimum atomic E-state index is -0.344. The predicted octanol–water partition coefficient (Wildman–Crippen LogP) is 4.13. The Kier molecular flexibility index (Phi) is 4.49. The maximum absolute atomic E-state index is 13.7. The Labute approximate surface area is 143 Å². The zero-order valence-electron chi connectivity index (χ0n) is 13.8. The summed E-state index contributed by atoms with van der Waals surface area (Å²) < 4.78 is 14.5. The maximum Gasteiger partial charge on any atom is 0.243 e. The van der Waals surface area contributed by atoms with Gasteiger partial charge in [0.25, 0.3) is 0 Å². The number of aromatic nitrogens is 1. The molecule has 0 aliphatic heterocycles. The van der Waals surface area contributed by atoms with Crippen LogP contribution in [0.25, 0.3) is 10.2 Å². The number of nitrogens with one attached hydrogen (secondary N) is 1. The Hall–Kier alpha value is -2.47. The first kappa shape index (κ1) is 16.4. The fourth-order valence-corrected chi connectivity index (χ4v) is 3.54. The topological polar surface area (TPSA) is 45.2 Å². The molecule has 0 unspecified atom stereocenters. The first-order valence-corrected chi connectivity index (χ1v) is 8.38. The van der Waals surface area contributed by atoms with E-state index in [0.717, 1.165) is 21.5 Å². The number of hydrogen-bond donors (Lipinski definition) is 1. The van der Waals surface area contributed by atoms with E-state index in [2.05, 4.69) is 16.4 Å². The molecule has 0 aliphatic rings. The fraction of sp³-hybridized carbons (Fsp3) is 0.222. The van der Waals surface area contributed by atoms with Crippen LogP contribution in [0.1, 0.15) is 11.1 Å². The number of thiazole rings is 1. The van der Waals surface area contributed by atoms with Gasteiger partial charge in [0, 0.05) is 12.7 Å². The molecule has 0 radical (unpaired) electrons. The van der Waals surface area contributed by atoms with Crippen LogP contribution in [-0.2, 0) is 4.79 Å². The minimum Gasteiger partial charge on any atom is -0.342 e. The molecule has 6 heteroatoms. The lowest BCUT2D eigenvalue weighted by Gasteiger charge is -2.15. The largest absolute Gasteiger partial charge is 0.342 e. The van der Waals surface area contributed by atoms with Gasteiger partial charge in [-0.15, -0.1) is 0 Å². The summed E-state index contributed by atoms with van der Waals surface area (Å²) in [5.41, 5.74) is 3.32. The van der Waals surface area contributed by atoms with Gasteiger partial charge in [-0.2, -0.15) is 0 Å². The molecule has 0 aliphatic carbocycles. The molecule has 3 aromatic rings. The molecule has 1 heterocycles. The summed E-state index contributed by atoms with van der Waals surface area (Å²) in [6.45, 7) is 4.13. The number of aryl methyl sites for hydroxylation is 2. The highest BCUT2D eigenvalue weighted by Gasteiger charge is 2.14. The Balaban J connectivity index is 1.72. The predicted molar refractivity (Wildman–Crippen MR) is 97.4 cm³/mol. The van der Waals surface area contributed by atoms with Gasteiger partial charge in [-0.3, -0.25) is 4.79 Å². The number of nitrogens with zero attached hydrogens (tertiary/aromatic N) is 2. The van der Waals surface area contributed by atoms with Gasteiger partial charge in [0.2, 0.25) is 5.91 Å². The van der Waals surface area contributed by atoms with Gasteiger partial charge in [-0.1, -0.05) is 23.5 Å². The number of carbonyl (C=O) groups is 1. The Bertz CT molecular complexity index is 886. The van der Waals surface area contributed by atoms with Gasteiger partial charge in [0.1, 0.15) is 11.3 Å². The van der Waals surface area contributed by atoms with Crippen molar-refractivity contribution in [3.8, 4) is 0 Å². The first-order chi connectivity index (χ1) is 11.4. The van der Waals surface area contributed by atoms with Crippen molar-refractivity contribution in [3.63, 3.8) is 0 Å². The van der Waals surface area contributed by atoms with E-state index in [1.807, 2.05) is 32.0 Å². The van der Waals surface area contributed by atoms with Gasteiger partial charge >= 0.3 is 0 Å². The van der Waals surface area contributed by atoms with Crippen molar-refractivity contribution < 1.29 is 9.18 Å². The zero-order valence-corrected chi connectivity index (χ0v) is 14.6. The molecule has 0 fully saturated rings. The number of likely N-dealkylation sites (N-methyl/N-ethyl adjacent to an activating group) is 1. The molecule has 0 atom stereocenters. The monoisotopic (exact) mass is 343 g/mol. The third-order valence-corrected chi connectivity index (χ3v) is 4.71. The van der Waals surface area contributed by atoms with E-state index in [9.17, 15) is 9.18 Å². The van der Waals surface area contributed by atoms with E-state index in [1.165, 1.54) is 17.4 Å². The van der Waals surface area contributed by atoms with Crippen LogP contribution in [0.3, 0.4) is 0 Å². The number of carbonyl (C=O) groups excluding carboxylic acids is 1. The van der Waals surface area contributed by atoms with E-state index >= 15 is 0 Å². The molecule has 124 valence electrons. The van der Waals surface area contributed by atoms with E-state index in [1.54, 1.807) is 18.0 Å². The van der Waals surface area contributed by atoms with Crippen molar-refractivity contribution >= 4 is 38.3 Å². The lowest BCUT2D eigenvalue weighted by atomic mass is 10.1. The number of hydrogen-bond acceptors (Lipinski definition) is 4. The van der Waals surface area contributed by atoms with Crippen LogP contribution in [0.4, 0.5) is 15.2 Å². The average molecular weight is 343 g/mol. The summed E-state index contributed by atoms with van der Waals surface area (Å²) >= 11 is 1.37. The van der Waals surface area contributed by atoms with Gasteiger partial charge in [0.05, 0.1) is 11.2 Å². The Morgan fingerprint density at radius 1 is 1.25 bits per heavy atom. The van der Waals surface area contributed by atoms with E-state index in [-0.39, 0.29) is 18.3 Å². The van der Waals surface area contributed by atoms with Crippen LogP contribution in [-0.4, -0.2) is 24.5 Å². The maximum atomic E-state index is 13.7. The number of anilines is 2. The highest BCUT2D eigenvalue weighted by molar-refractivity contribution is 7.22. The molecule has 1 aromatic heterocycles. The van der Waals surface area contributed by atoms with E-state index < -0.39 is 0 Å². The Morgan fingerprint density at radius 2 is 1.96 bits per heavy atom. The lowest BCUT2D eigenvalue weighted by Crippen LogP contribution is -2.30. The highest BCUT2D eigenvalue weighted by atomic mass is 32.1. The van der Waals surface area contributed by atoms with Gasteiger partial charge in [-0.05, 0) is 49.2 Å². The molecule has 0 saturated carbocycles. The number of rotatable bonds is 4. The summed E-state index contributed by atoms with van der Waals surface area (Å²) in [6.07, 6.45) is 0. The van der Waals surface area contributed by atoms with Crippen molar-refractivity contribution in [2.45, 2.75) is 13.8 Å². The smallest absolute Gasteiger partial charge is 0.243 e. The molecule has 0 bridgehead atoms. The van der Waals surface area contributed by atoms with Crippen LogP contribution in [0.2, 0.25) is 0 Å². The molecule has 0 saturated heterocycles. The van der Waals surface area contributed by atoms with Crippen molar-refractivity contribution in [3.05, 3.63) is 53.3 Å². The Morgan fingerprint density at radius 3 is 2.62 bits per heavy atom. The molecular formula is C18H18FN3OS. The van der Waals surface area contributed by atoms with Crippen LogP contribution < -0.4 is 10.2 Å². The molecule has 24 heavy (non-hydrogen) atoms. The van der Waals surface area contributed by atoms with Crippen LogP contribution in [0.15, 0.2) is 36.4 Å². The summed E-state index contributed by atoms with van der Waals surface area (Å²) in [6, 6.07) is 10.8. The average Bonchev–Trinajstić information content (AvgIpc) is 2.91. The van der Waals surface area contributed by atoms with Crippen molar-refractivity contribution in [1.82, 2.24) is 4.98 Å². The second-order valence-electron chi connectivity index (χ2n) is 5.86. The second-order valence-corrected chi connectivity index (χ2v) is 6.87. The van der Waals surface area contributed by atoms with E-state index in [0.29, 0.717) is 10.6 Å². The SMILES string of the molecule is Cc1cc(C)cc(NC(=O)CN(C)c2nc3c(F)cccc3s2)c1. The molecule has 0 spiro atoms. The normalized spacial score (nSPS) is 10.8. The third kappa shape index (κ3) is 3.54. The first-order valence-electron chi connectivity index (χ1n) is 7.57. The highest BCUT2D eigenvalue weighted by Crippen LogP contribution is 2.29.